The second kappa shape index (κ2) is 7.78. The number of carbonyl (C=O) groups excluding carboxylic acids is 2. The maximum absolute atomic E-state index is 14.0. The first kappa shape index (κ1) is 18.9. The van der Waals surface area contributed by atoms with Crippen molar-refractivity contribution in [2.45, 2.75) is 32.2 Å². The van der Waals surface area contributed by atoms with Crippen LogP contribution in [0.4, 0.5) is 4.39 Å². The van der Waals surface area contributed by atoms with Crippen LogP contribution in [0.15, 0.2) is 36.4 Å². The Balaban J connectivity index is 1.68. The maximum atomic E-state index is 14.0. The van der Waals surface area contributed by atoms with Crippen LogP contribution in [0.3, 0.4) is 0 Å². The molecule has 6 heteroatoms. The first-order chi connectivity index (χ1) is 12.9. The minimum atomic E-state index is -0.412. The molecule has 142 valence electrons. The Morgan fingerprint density at radius 2 is 2.00 bits per heavy atom. The molecule has 0 aromatic heterocycles. The molecule has 3 rings (SSSR count). The Kier molecular flexibility index (Phi) is 5.44. The molecule has 0 spiro atoms. The lowest BCUT2D eigenvalue weighted by Gasteiger charge is -2.18. The zero-order valence-corrected chi connectivity index (χ0v) is 15.5. The summed E-state index contributed by atoms with van der Waals surface area (Å²) in [5.41, 5.74) is 1.48. The summed E-state index contributed by atoms with van der Waals surface area (Å²) in [5, 5.41) is 2.84. The molecule has 1 amide bonds. The zero-order chi connectivity index (χ0) is 19.6. The summed E-state index contributed by atoms with van der Waals surface area (Å²) in [6, 6.07) is 9.82. The topological polar surface area (TPSA) is 64.6 Å². The molecule has 1 N–H and O–H groups in total. The van der Waals surface area contributed by atoms with Gasteiger partial charge < -0.3 is 14.8 Å². The van der Waals surface area contributed by atoms with Crippen molar-refractivity contribution in [3.63, 3.8) is 0 Å². The molecule has 0 aliphatic heterocycles. The highest BCUT2D eigenvalue weighted by Gasteiger charge is 2.32. The van der Waals surface area contributed by atoms with Crippen molar-refractivity contribution < 1.29 is 23.5 Å². The molecule has 0 bridgehead atoms. The minimum absolute atomic E-state index is 0.158. The number of Topliss-reactive ketones (excluding diaryl/α,β-unsaturated/α-hetero) is 1. The van der Waals surface area contributed by atoms with Gasteiger partial charge in [-0.15, -0.1) is 0 Å². The number of carbonyl (C=O) groups is 2. The van der Waals surface area contributed by atoms with Crippen LogP contribution in [0.25, 0.3) is 0 Å². The van der Waals surface area contributed by atoms with Crippen LogP contribution in [0.2, 0.25) is 0 Å². The Morgan fingerprint density at radius 3 is 2.74 bits per heavy atom. The summed E-state index contributed by atoms with van der Waals surface area (Å²) in [6.45, 7) is 3.38. The van der Waals surface area contributed by atoms with Crippen molar-refractivity contribution in [1.82, 2.24) is 5.32 Å². The molecule has 2 aromatic rings. The van der Waals surface area contributed by atoms with Gasteiger partial charge in [-0.25, -0.2) is 4.39 Å². The Bertz CT molecular complexity index is 880. The quantitative estimate of drug-likeness (QED) is 0.839. The standard InChI is InChI=1S/C21H22FNO4/c1-12-10-16(24)21-18(9-8-15(22)20(12)21)27-11-19(25)23-13(2)14-6-4-5-7-17(14)26-3/h4-9,12-13H,10-11H2,1-3H3,(H,23,25)/t12-,13-/m1/s1. The molecule has 1 aliphatic carbocycles. The van der Waals surface area contributed by atoms with Gasteiger partial charge in [0.2, 0.25) is 0 Å². The van der Waals surface area contributed by atoms with E-state index in [-0.39, 0.29) is 48.0 Å². The highest BCUT2D eigenvalue weighted by Crippen LogP contribution is 2.39. The van der Waals surface area contributed by atoms with Crippen LogP contribution in [-0.2, 0) is 4.79 Å². The van der Waals surface area contributed by atoms with E-state index in [0.29, 0.717) is 11.3 Å². The van der Waals surface area contributed by atoms with E-state index in [9.17, 15) is 14.0 Å². The van der Waals surface area contributed by atoms with Gasteiger partial charge in [0.1, 0.15) is 17.3 Å². The number of ether oxygens (including phenoxy) is 2. The molecule has 27 heavy (non-hydrogen) atoms. The van der Waals surface area contributed by atoms with Crippen molar-refractivity contribution in [2.75, 3.05) is 13.7 Å². The average Bonchev–Trinajstić information content (AvgIpc) is 2.96. The van der Waals surface area contributed by atoms with E-state index in [0.717, 1.165) is 5.56 Å². The predicted octanol–water partition coefficient (Wildman–Crippen LogP) is 3.78. The number of methoxy groups -OCH3 is 1. The van der Waals surface area contributed by atoms with Crippen LogP contribution in [-0.4, -0.2) is 25.4 Å². The molecule has 1 aliphatic rings. The number of rotatable bonds is 6. The largest absolute Gasteiger partial charge is 0.496 e. The molecule has 0 radical (unpaired) electrons. The molecule has 5 nitrogen and oxygen atoms in total. The fourth-order valence-electron chi connectivity index (χ4n) is 3.47. The fourth-order valence-corrected chi connectivity index (χ4v) is 3.47. The van der Waals surface area contributed by atoms with Gasteiger partial charge in [-0.05, 0) is 31.0 Å². The molecule has 2 aromatic carbocycles. The second-order valence-electron chi connectivity index (χ2n) is 6.68. The first-order valence-electron chi connectivity index (χ1n) is 8.83. The van der Waals surface area contributed by atoms with E-state index >= 15 is 0 Å². The number of nitrogens with one attached hydrogen (secondary N) is 1. The zero-order valence-electron chi connectivity index (χ0n) is 15.5. The lowest BCUT2D eigenvalue weighted by atomic mass is 10.0. The van der Waals surface area contributed by atoms with E-state index in [4.69, 9.17) is 9.47 Å². The maximum Gasteiger partial charge on any atom is 0.258 e. The van der Waals surface area contributed by atoms with Crippen LogP contribution >= 0.6 is 0 Å². The van der Waals surface area contributed by atoms with Crippen LogP contribution in [0, 0.1) is 5.82 Å². The summed E-state index contributed by atoms with van der Waals surface area (Å²) in [4.78, 5) is 24.4. The molecule has 0 saturated carbocycles. The Morgan fingerprint density at radius 1 is 1.26 bits per heavy atom. The normalized spacial score (nSPS) is 16.6. The lowest BCUT2D eigenvalue weighted by Crippen LogP contribution is -2.31. The van der Waals surface area contributed by atoms with Crippen LogP contribution < -0.4 is 14.8 Å². The van der Waals surface area contributed by atoms with E-state index in [1.54, 1.807) is 14.0 Å². The van der Waals surface area contributed by atoms with Gasteiger partial charge in [-0.3, -0.25) is 9.59 Å². The third-order valence-corrected chi connectivity index (χ3v) is 4.76. The summed E-state index contributed by atoms with van der Waals surface area (Å²) in [6.07, 6.45) is 0.254. The number of para-hydroxylation sites is 1. The molecule has 2 atom stereocenters. The molecule has 0 fully saturated rings. The van der Waals surface area contributed by atoms with Crippen molar-refractivity contribution in [3.05, 3.63) is 58.9 Å². The number of ketones is 1. The minimum Gasteiger partial charge on any atom is -0.496 e. The van der Waals surface area contributed by atoms with E-state index in [1.165, 1.54) is 12.1 Å². The summed E-state index contributed by atoms with van der Waals surface area (Å²) < 4.78 is 24.9. The van der Waals surface area contributed by atoms with Crippen molar-refractivity contribution >= 4 is 11.7 Å². The van der Waals surface area contributed by atoms with Gasteiger partial charge >= 0.3 is 0 Å². The molecule has 0 heterocycles. The molecular weight excluding hydrogens is 349 g/mol. The molecule has 0 unspecified atom stereocenters. The second-order valence-corrected chi connectivity index (χ2v) is 6.68. The monoisotopic (exact) mass is 371 g/mol. The van der Waals surface area contributed by atoms with Gasteiger partial charge in [0.05, 0.1) is 18.7 Å². The average molecular weight is 371 g/mol. The number of hydrogen-bond acceptors (Lipinski definition) is 4. The van der Waals surface area contributed by atoms with Gasteiger partial charge in [0, 0.05) is 17.5 Å². The number of halogens is 1. The molecular formula is C21H22FNO4. The van der Waals surface area contributed by atoms with Gasteiger partial charge in [-0.1, -0.05) is 25.1 Å². The van der Waals surface area contributed by atoms with E-state index < -0.39 is 5.82 Å². The number of amides is 1. The van der Waals surface area contributed by atoms with Crippen LogP contribution in [0.1, 0.15) is 53.7 Å². The van der Waals surface area contributed by atoms with E-state index in [1.807, 2.05) is 31.2 Å². The third kappa shape index (κ3) is 3.79. The Labute approximate surface area is 157 Å². The summed E-state index contributed by atoms with van der Waals surface area (Å²) in [5.74, 6) is -0.164. The number of hydrogen-bond donors (Lipinski definition) is 1. The van der Waals surface area contributed by atoms with E-state index in [2.05, 4.69) is 5.32 Å². The van der Waals surface area contributed by atoms with Gasteiger partial charge in [-0.2, -0.15) is 0 Å². The van der Waals surface area contributed by atoms with Crippen molar-refractivity contribution in [3.8, 4) is 11.5 Å². The summed E-state index contributed by atoms with van der Waals surface area (Å²) in [7, 11) is 1.57. The highest BCUT2D eigenvalue weighted by molar-refractivity contribution is 6.03. The predicted molar refractivity (Wildman–Crippen MR) is 98.8 cm³/mol. The SMILES string of the molecule is COc1ccccc1[C@@H](C)NC(=O)COc1ccc(F)c2c1C(=O)C[C@H]2C. The van der Waals surface area contributed by atoms with Gasteiger partial charge in [0.25, 0.3) is 5.91 Å². The third-order valence-electron chi connectivity index (χ3n) is 4.76. The highest BCUT2D eigenvalue weighted by atomic mass is 19.1. The first-order valence-corrected chi connectivity index (χ1v) is 8.83. The smallest absolute Gasteiger partial charge is 0.258 e. The lowest BCUT2D eigenvalue weighted by molar-refractivity contribution is -0.123. The number of fused-ring (bicyclic) bond motifs is 1. The fraction of sp³-hybridized carbons (Fsp3) is 0.333. The summed E-state index contributed by atoms with van der Waals surface area (Å²) >= 11 is 0. The Hall–Kier alpha value is -2.89. The van der Waals surface area contributed by atoms with Crippen molar-refractivity contribution in [1.29, 1.82) is 0 Å². The molecule has 0 saturated heterocycles. The van der Waals surface area contributed by atoms with Gasteiger partial charge in [0.15, 0.2) is 12.4 Å². The number of benzene rings is 2. The van der Waals surface area contributed by atoms with Crippen LogP contribution in [0.5, 0.6) is 11.5 Å². The van der Waals surface area contributed by atoms with Crippen molar-refractivity contribution in [2.24, 2.45) is 0 Å².